The van der Waals surface area contributed by atoms with Crippen molar-refractivity contribution >= 4 is 5.95 Å². The second-order valence-corrected chi connectivity index (χ2v) is 5.23. The van der Waals surface area contributed by atoms with Gasteiger partial charge in [0.1, 0.15) is 23.8 Å². The Morgan fingerprint density at radius 2 is 2.09 bits per heavy atom. The highest BCUT2D eigenvalue weighted by molar-refractivity contribution is 5.37. The third-order valence-corrected chi connectivity index (χ3v) is 3.75. The normalized spacial score (nSPS) is 13.7. The first kappa shape index (κ1) is 13.7. The minimum atomic E-state index is 0.355. The number of ether oxygens (including phenoxy) is 1. The van der Waals surface area contributed by atoms with E-state index in [1.807, 2.05) is 18.2 Å². The summed E-state index contributed by atoms with van der Waals surface area (Å²) >= 11 is 0. The van der Waals surface area contributed by atoms with Gasteiger partial charge in [0.25, 0.3) is 0 Å². The molecule has 116 valence electrons. The lowest BCUT2D eigenvalue weighted by atomic mass is 10.1. The summed E-state index contributed by atoms with van der Waals surface area (Å²) in [5.74, 6) is 2.35. The quantitative estimate of drug-likeness (QED) is 0.729. The third-order valence-electron chi connectivity index (χ3n) is 3.75. The van der Waals surface area contributed by atoms with Crippen LogP contribution < -0.4 is 9.64 Å². The molecule has 4 rings (SSSR count). The predicted molar refractivity (Wildman–Crippen MR) is 81.9 cm³/mol. The maximum absolute atomic E-state index is 5.72. The molecule has 0 atom stereocenters. The van der Waals surface area contributed by atoms with Gasteiger partial charge in [0.2, 0.25) is 5.95 Å². The average Bonchev–Trinajstić information content (AvgIpc) is 3.04. The standard InChI is InChI=1S/C16H15N5O2/c1-3-12(9-17-5-1)22-11-14-13-10-21(8-4-15(13)23-20-14)16-18-6-2-7-19-16/h1-3,5-7,9H,4,8,10-11H2. The molecule has 0 saturated carbocycles. The van der Waals surface area contributed by atoms with E-state index in [0.717, 1.165) is 35.9 Å². The van der Waals surface area contributed by atoms with Crippen molar-refractivity contribution in [3.05, 3.63) is 60.0 Å². The molecule has 7 nitrogen and oxygen atoms in total. The van der Waals surface area contributed by atoms with Gasteiger partial charge in [-0.1, -0.05) is 5.16 Å². The molecule has 7 heteroatoms. The van der Waals surface area contributed by atoms with Crippen LogP contribution >= 0.6 is 0 Å². The lowest BCUT2D eigenvalue weighted by molar-refractivity contribution is 0.286. The van der Waals surface area contributed by atoms with Crippen molar-refractivity contribution < 1.29 is 9.26 Å². The van der Waals surface area contributed by atoms with E-state index in [1.54, 1.807) is 24.8 Å². The summed E-state index contributed by atoms with van der Waals surface area (Å²) < 4.78 is 11.2. The molecule has 0 spiro atoms. The van der Waals surface area contributed by atoms with E-state index < -0.39 is 0 Å². The molecular weight excluding hydrogens is 294 g/mol. The summed E-state index contributed by atoms with van der Waals surface area (Å²) in [5.41, 5.74) is 1.87. The van der Waals surface area contributed by atoms with Crippen molar-refractivity contribution in [1.29, 1.82) is 0 Å². The third kappa shape index (κ3) is 2.85. The number of pyridine rings is 1. The monoisotopic (exact) mass is 309 g/mol. The number of aromatic nitrogens is 4. The van der Waals surface area contributed by atoms with E-state index in [1.165, 1.54) is 0 Å². The van der Waals surface area contributed by atoms with Gasteiger partial charge in [0.05, 0.1) is 12.7 Å². The summed E-state index contributed by atoms with van der Waals surface area (Å²) in [6.07, 6.45) is 7.67. The molecule has 0 aromatic carbocycles. The molecule has 3 aromatic rings. The van der Waals surface area contributed by atoms with Crippen molar-refractivity contribution in [2.75, 3.05) is 11.4 Å². The Morgan fingerprint density at radius 1 is 1.17 bits per heavy atom. The van der Waals surface area contributed by atoms with Crippen LogP contribution in [0.2, 0.25) is 0 Å². The molecule has 0 amide bonds. The van der Waals surface area contributed by atoms with E-state index >= 15 is 0 Å². The molecule has 23 heavy (non-hydrogen) atoms. The zero-order valence-electron chi connectivity index (χ0n) is 12.4. The van der Waals surface area contributed by atoms with Gasteiger partial charge < -0.3 is 14.2 Å². The Bertz CT molecular complexity index is 776. The predicted octanol–water partition coefficient (Wildman–Crippen LogP) is 2.00. The minimum Gasteiger partial charge on any atom is -0.486 e. The van der Waals surface area contributed by atoms with Gasteiger partial charge in [-0.2, -0.15) is 0 Å². The highest BCUT2D eigenvalue weighted by atomic mass is 16.5. The maximum Gasteiger partial charge on any atom is 0.225 e. The van der Waals surface area contributed by atoms with Crippen molar-refractivity contribution in [3.8, 4) is 5.75 Å². The molecule has 1 aliphatic heterocycles. The Hall–Kier alpha value is -2.96. The maximum atomic E-state index is 5.72. The van der Waals surface area contributed by atoms with Gasteiger partial charge in [-0.25, -0.2) is 9.97 Å². The molecule has 0 saturated heterocycles. The zero-order valence-corrected chi connectivity index (χ0v) is 12.4. The number of hydrogen-bond donors (Lipinski definition) is 0. The van der Waals surface area contributed by atoms with Crippen LogP contribution in [0.25, 0.3) is 0 Å². The van der Waals surface area contributed by atoms with Crippen molar-refractivity contribution in [2.45, 2.75) is 19.6 Å². The molecule has 0 bridgehead atoms. The van der Waals surface area contributed by atoms with E-state index in [0.29, 0.717) is 18.9 Å². The van der Waals surface area contributed by atoms with Crippen molar-refractivity contribution in [2.24, 2.45) is 0 Å². The van der Waals surface area contributed by atoms with Crippen LogP contribution in [0.4, 0.5) is 5.95 Å². The second-order valence-electron chi connectivity index (χ2n) is 5.23. The van der Waals surface area contributed by atoms with Crippen molar-refractivity contribution in [1.82, 2.24) is 20.1 Å². The van der Waals surface area contributed by atoms with E-state index in [2.05, 4.69) is 25.0 Å². The lowest BCUT2D eigenvalue weighted by Crippen LogP contribution is -2.31. The van der Waals surface area contributed by atoms with Crippen molar-refractivity contribution in [3.63, 3.8) is 0 Å². The summed E-state index contributed by atoms with van der Waals surface area (Å²) in [5, 5.41) is 4.15. The molecule has 1 aliphatic rings. The largest absolute Gasteiger partial charge is 0.486 e. The molecule has 0 aliphatic carbocycles. The van der Waals surface area contributed by atoms with E-state index in [-0.39, 0.29) is 0 Å². The summed E-state index contributed by atoms with van der Waals surface area (Å²) in [6, 6.07) is 5.51. The molecule has 0 radical (unpaired) electrons. The van der Waals surface area contributed by atoms with Crippen LogP contribution in [0.3, 0.4) is 0 Å². The second kappa shape index (κ2) is 6.04. The fourth-order valence-electron chi connectivity index (χ4n) is 2.59. The van der Waals surface area contributed by atoms with E-state index in [4.69, 9.17) is 9.26 Å². The average molecular weight is 309 g/mol. The number of fused-ring (bicyclic) bond motifs is 1. The first-order valence-electron chi connectivity index (χ1n) is 7.41. The topological polar surface area (TPSA) is 77.2 Å². The Kier molecular flexibility index (Phi) is 3.59. The van der Waals surface area contributed by atoms with Crippen LogP contribution in [0.5, 0.6) is 5.75 Å². The minimum absolute atomic E-state index is 0.355. The Morgan fingerprint density at radius 3 is 2.91 bits per heavy atom. The van der Waals surface area contributed by atoms with Gasteiger partial charge in [-0.05, 0) is 18.2 Å². The molecular formula is C16H15N5O2. The SMILES string of the molecule is c1cnc(N2CCc3onc(COc4cccnc4)c3C2)nc1. The van der Waals surface area contributed by atoms with Crippen LogP contribution in [0.15, 0.2) is 47.5 Å². The molecule has 0 fully saturated rings. The highest BCUT2D eigenvalue weighted by Crippen LogP contribution is 2.25. The fourth-order valence-corrected chi connectivity index (χ4v) is 2.59. The molecule has 3 aromatic heterocycles. The Balaban J connectivity index is 1.51. The van der Waals surface area contributed by atoms with Crippen LogP contribution in [0, 0.1) is 0 Å². The van der Waals surface area contributed by atoms with Gasteiger partial charge in [0, 0.05) is 37.1 Å². The molecule has 0 unspecified atom stereocenters. The summed E-state index contributed by atoms with van der Waals surface area (Å²) in [4.78, 5) is 14.8. The van der Waals surface area contributed by atoms with Gasteiger partial charge >= 0.3 is 0 Å². The first-order chi connectivity index (χ1) is 11.4. The van der Waals surface area contributed by atoms with Crippen LogP contribution in [-0.2, 0) is 19.6 Å². The highest BCUT2D eigenvalue weighted by Gasteiger charge is 2.25. The van der Waals surface area contributed by atoms with Crippen LogP contribution in [0.1, 0.15) is 17.0 Å². The lowest BCUT2D eigenvalue weighted by Gasteiger charge is -2.25. The number of rotatable bonds is 4. The number of hydrogen-bond acceptors (Lipinski definition) is 7. The van der Waals surface area contributed by atoms with E-state index in [9.17, 15) is 0 Å². The number of nitrogens with zero attached hydrogens (tertiary/aromatic N) is 5. The number of anilines is 1. The van der Waals surface area contributed by atoms with Gasteiger partial charge in [0.15, 0.2) is 0 Å². The fraction of sp³-hybridized carbons (Fsp3) is 0.250. The smallest absolute Gasteiger partial charge is 0.225 e. The zero-order chi connectivity index (χ0) is 15.5. The summed E-state index contributed by atoms with van der Waals surface area (Å²) in [6.45, 7) is 1.84. The first-order valence-corrected chi connectivity index (χ1v) is 7.41. The van der Waals surface area contributed by atoms with Crippen LogP contribution in [-0.4, -0.2) is 26.7 Å². The molecule has 4 heterocycles. The molecule has 0 N–H and O–H groups in total. The van der Waals surface area contributed by atoms with Gasteiger partial charge in [-0.3, -0.25) is 4.98 Å². The summed E-state index contributed by atoms with van der Waals surface area (Å²) in [7, 11) is 0. The Labute approximate surface area is 132 Å². The van der Waals surface area contributed by atoms with Gasteiger partial charge in [-0.15, -0.1) is 0 Å².